The van der Waals surface area contributed by atoms with Crippen molar-refractivity contribution < 1.29 is 5.11 Å². The normalized spacial score (nSPS) is 14.0. The van der Waals surface area contributed by atoms with Gasteiger partial charge in [0.1, 0.15) is 29.4 Å². The van der Waals surface area contributed by atoms with Gasteiger partial charge in [0.05, 0.1) is 5.56 Å². The first kappa shape index (κ1) is 26.4. The second-order valence-electron chi connectivity index (χ2n) is 9.93. The lowest BCUT2D eigenvalue weighted by Gasteiger charge is -2.32. The number of pyridine rings is 2. The van der Waals surface area contributed by atoms with Crippen LogP contribution < -0.4 is 16.5 Å². The Labute approximate surface area is 239 Å². The summed E-state index contributed by atoms with van der Waals surface area (Å²) in [5.74, 6) is 0.708. The van der Waals surface area contributed by atoms with Gasteiger partial charge in [-0.05, 0) is 48.7 Å². The Kier molecular flexibility index (Phi) is 6.92. The second-order valence-corrected chi connectivity index (χ2v) is 9.93. The standard InChI is InChI=1S/C29H25N11O2/c30-14-21-25(41)26(42)24-29(36-21)40(28(38-24)20-2-1-10-34-27(20)32)19-5-3-17(4-6-19)16-39-12-8-18(9-13-39)35-22-7-11-33-23(15-31)37-22/h1-7,10-11,18,41H,8-9,12-13,16H2,(H2,32,34)(H,36,42)(H,33,35,37). The van der Waals surface area contributed by atoms with E-state index in [0.717, 1.165) is 38.0 Å². The van der Waals surface area contributed by atoms with Crippen molar-refractivity contribution >= 4 is 22.8 Å². The number of hydrogen-bond acceptors (Lipinski definition) is 11. The Morgan fingerprint density at radius 2 is 1.83 bits per heavy atom. The minimum Gasteiger partial charge on any atom is -0.502 e. The fraction of sp³-hybridized carbons (Fsp3) is 0.207. The summed E-state index contributed by atoms with van der Waals surface area (Å²) in [7, 11) is 0. The first-order valence-corrected chi connectivity index (χ1v) is 13.2. The molecule has 208 valence electrons. The van der Waals surface area contributed by atoms with Gasteiger partial charge in [-0.15, -0.1) is 0 Å². The molecule has 13 nitrogen and oxygen atoms in total. The summed E-state index contributed by atoms with van der Waals surface area (Å²) in [6, 6.07) is 17.1. The Hall–Kier alpha value is -5.79. The maximum absolute atomic E-state index is 12.9. The van der Waals surface area contributed by atoms with Crippen LogP contribution in [-0.2, 0) is 6.54 Å². The third kappa shape index (κ3) is 4.96. The van der Waals surface area contributed by atoms with Gasteiger partial charge in [0.15, 0.2) is 17.0 Å². The van der Waals surface area contributed by atoms with Crippen LogP contribution in [0.25, 0.3) is 28.2 Å². The van der Waals surface area contributed by atoms with Crippen LogP contribution >= 0.6 is 0 Å². The lowest BCUT2D eigenvalue weighted by molar-refractivity contribution is 0.211. The van der Waals surface area contributed by atoms with Gasteiger partial charge in [0.25, 0.3) is 5.43 Å². The number of fused-ring (bicyclic) bond motifs is 1. The number of nitriles is 2. The Morgan fingerprint density at radius 1 is 1.05 bits per heavy atom. The fourth-order valence-corrected chi connectivity index (χ4v) is 5.16. The molecule has 0 aliphatic carbocycles. The number of likely N-dealkylation sites (tertiary alicyclic amines) is 1. The summed E-state index contributed by atoms with van der Waals surface area (Å²) in [5, 5.41) is 32.1. The quantitative estimate of drug-likeness (QED) is 0.238. The van der Waals surface area contributed by atoms with E-state index in [0.29, 0.717) is 22.9 Å². The SMILES string of the molecule is N#Cc1nccc(NC2CCN(Cc3ccc(-n4c(-c5cccnc5N)nc5c(=O)c(O)c(C#N)[nH]c54)cc3)CC2)n1. The van der Waals surface area contributed by atoms with E-state index in [4.69, 9.17) is 11.0 Å². The van der Waals surface area contributed by atoms with E-state index in [1.165, 1.54) is 0 Å². The molecule has 0 bridgehead atoms. The Bertz CT molecular complexity index is 1930. The molecule has 1 aliphatic rings. The van der Waals surface area contributed by atoms with Crippen molar-refractivity contribution in [3.05, 3.63) is 82.2 Å². The number of imidazole rings is 1. The minimum atomic E-state index is -0.748. The summed E-state index contributed by atoms with van der Waals surface area (Å²) in [6.45, 7) is 2.55. The van der Waals surface area contributed by atoms with Crippen molar-refractivity contribution in [2.75, 3.05) is 24.1 Å². The maximum Gasteiger partial charge on any atom is 0.252 e. The van der Waals surface area contributed by atoms with E-state index in [-0.39, 0.29) is 34.5 Å². The molecule has 0 atom stereocenters. The van der Waals surface area contributed by atoms with E-state index in [1.807, 2.05) is 36.4 Å². The number of piperidine rings is 1. The highest BCUT2D eigenvalue weighted by atomic mass is 16.3. The molecular weight excluding hydrogens is 534 g/mol. The predicted octanol–water partition coefficient (Wildman–Crippen LogP) is 2.67. The highest BCUT2D eigenvalue weighted by Crippen LogP contribution is 2.30. The first-order valence-electron chi connectivity index (χ1n) is 13.2. The highest BCUT2D eigenvalue weighted by molar-refractivity contribution is 5.84. The molecule has 0 radical (unpaired) electrons. The summed E-state index contributed by atoms with van der Waals surface area (Å²) >= 11 is 0. The van der Waals surface area contributed by atoms with Crippen LogP contribution in [0.3, 0.4) is 0 Å². The molecule has 5 N–H and O–H groups in total. The molecule has 4 aromatic heterocycles. The van der Waals surface area contributed by atoms with E-state index in [9.17, 15) is 15.2 Å². The van der Waals surface area contributed by atoms with Crippen molar-refractivity contribution in [3.63, 3.8) is 0 Å². The molecule has 6 rings (SSSR count). The highest BCUT2D eigenvalue weighted by Gasteiger charge is 2.23. The Balaban J connectivity index is 1.24. The van der Waals surface area contributed by atoms with E-state index < -0.39 is 11.2 Å². The van der Waals surface area contributed by atoms with Crippen LogP contribution in [0, 0.1) is 22.7 Å². The molecule has 13 heteroatoms. The number of nitrogens with one attached hydrogen (secondary N) is 2. The van der Waals surface area contributed by atoms with E-state index in [2.05, 4.69) is 35.1 Å². The molecule has 5 heterocycles. The first-order chi connectivity index (χ1) is 20.4. The molecule has 42 heavy (non-hydrogen) atoms. The molecule has 0 unspecified atom stereocenters. The van der Waals surface area contributed by atoms with Crippen molar-refractivity contribution in [3.8, 4) is 35.0 Å². The number of hydrogen-bond donors (Lipinski definition) is 4. The zero-order valence-electron chi connectivity index (χ0n) is 22.3. The molecule has 1 aliphatic heterocycles. The van der Waals surface area contributed by atoms with Gasteiger partial charge in [-0.25, -0.2) is 19.9 Å². The largest absolute Gasteiger partial charge is 0.502 e. The maximum atomic E-state index is 12.9. The average molecular weight is 560 g/mol. The minimum absolute atomic E-state index is 0.0175. The second kappa shape index (κ2) is 11.0. The lowest BCUT2D eigenvalue weighted by Crippen LogP contribution is -2.38. The number of rotatable bonds is 6. The Morgan fingerprint density at radius 3 is 2.55 bits per heavy atom. The third-order valence-corrected chi connectivity index (χ3v) is 7.27. The van der Waals surface area contributed by atoms with Gasteiger partial charge in [0.2, 0.25) is 11.6 Å². The van der Waals surface area contributed by atoms with Crippen LogP contribution in [0.15, 0.2) is 59.7 Å². The predicted molar refractivity (Wildman–Crippen MR) is 154 cm³/mol. The van der Waals surface area contributed by atoms with Crippen LogP contribution in [-0.4, -0.2) is 58.6 Å². The number of benzene rings is 1. The topological polar surface area (TPSA) is 198 Å². The number of aromatic hydroxyl groups is 1. The summed E-state index contributed by atoms with van der Waals surface area (Å²) in [6.07, 6.45) is 5.01. The summed E-state index contributed by atoms with van der Waals surface area (Å²) in [4.78, 5) is 34.9. The number of aromatic amines is 1. The number of anilines is 2. The van der Waals surface area contributed by atoms with E-state index >= 15 is 0 Å². The average Bonchev–Trinajstić information content (AvgIpc) is 3.40. The fourth-order valence-electron chi connectivity index (χ4n) is 5.16. The molecule has 0 spiro atoms. The van der Waals surface area contributed by atoms with Crippen LogP contribution in [0.2, 0.25) is 0 Å². The molecular formula is C29H25N11O2. The van der Waals surface area contributed by atoms with Gasteiger partial charge in [-0.1, -0.05) is 12.1 Å². The van der Waals surface area contributed by atoms with Gasteiger partial charge in [-0.2, -0.15) is 10.5 Å². The molecule has 0 saturated carbocycles. The molecule has 0 amide bonds. The van der Waals surface area contributed by atoms with Crippen molar-refractivity contribution in [1.29, 1.82) is 10.5 Å². The molecule has 1 saturated heterocycles. The molecule has 5 aromatic rings. The third-order valence-electron chi connectivity index (χ3n) is 7.27. The smallest absolute Gasteiger partial charge is 0.252 e. The number of nitrogens with zero attached hydrogens (tertiary/aromatic N) is 8. The van der Waals surface area contributed by atoms with Crippen LogP contribution in [0.5, 0.6) is 5.75 Å². The monoisotopic (exact) mass is 559 g/mol. The number of nitrogens with two attached hydrogens (primary N) is 1. The molecule has 1 fully saturated rings. The summed E-state index contributed by atoms with van der Waals surface area (Å²) in [5.41, 5.74) is 7.71. The summed E-state index contributed by atoms with van der Waals surface area (Å²) < 4.78 is 1.70. The van der Waals surface area contributed by atoms with Gasteiger partial charge in [-0.3, -0.25) is 14.3 Å². The van der Waals surface area contributed by atoms with Crippen LogP contribution in [0.4, 0.5) is 11.6 Å². The van der Waals surface area contributed by atoms with Crippen LogP contribution in [0.1, 0.15) is 29.9 Å². The number of H-pyrrole nitrogens is 1. The van der Waals surface area contributed by atoms with Crippen molar-refractivity contribution in [2.45, 2.75) is 25.4 Å². The van der Waals surface area contributed by atoms with Crippen molar-refractivity contribution in [1.82, 2.24) is 34.4 Å². The zero-order chi connectivity index (χ0) is 29.2. The number of aromatic nitrogens is 6. The zero-order valence-corrected chi connectivity index (χ0v) is 22.3. The molecule has 1 aromatic carbocycles. The van der Waals surface area contributed by atoms with Gasteiger partial charge >= 0.3 is 0 Å². The van der Waals surface area contributed by atoms with Gasteiger partial charge in [0, 0.05) is 43.8 Å². The lowest BCUT2D eigenvalue weighted by atomic mass is 10.0. The van der Waals surface area contributed by atoms with Gasteiger partial charge < -0.3 is 21.1 Å². The number of nitrogen functional groups attached to an aromatic ring is 1. The van der Waals surface area contributed by atoms with E-state index in [1.54, 1.807) is 35.2 Å². The van der Waals surface area contributed by atoms with Crippen molar-refractivity contribution in [2.24, 2.45) is 0 Å².